The van der Waals surface area contributed by atoms with E-state index in [1.54, 1.807) is 13.1 Å². The predicted molar refractivity (Wildman–Crippen MR) is 232 cm³/mol. The van der Waals surface area contributed by atoms with E-state index in [1.807, 2.05) is 31.2 Å². The van der Waals surface area contributed by atoms with E-state index in [4.69, 9.17) is 17.2 Å². The molecule has 1 heterocycles. The van der Waals surface area contributed by atoms with E-state index >= 15 is 0 Å². The van der Waals surface area contributed by atoms with Gasteiger partial charge in [-0.15, -0.1) is 0 Å². The smallest absolute Gasteiger partial charge is 0.326 e. The fourth-order valence-electron chi connectivity index (χ4n) is 6.59. The van der Waals surface area contributed by atoms with Gasteiger partial charge in [0.15, 0.2) is 5.96 Å². The maximum Gasteiger partial charge on any atom is 0.326 e. The van der Waals surface area contributed by atoms with Crippen LogP contribution in [0.25, 0.3) is 10.9 Å². The number of benzene rings is 2. The number of unbranched alkanes of at least 4 members (excludes halogenated alkanes) is 1. The number of aromatic hydroxyl groups is 1. The summed E-state index contributed by atoms with van der Waals surface area (Å²) in [6, 6.07) is 7.12. The van der Waals surface area contributed by atoms with Gasteiger partial charge < -0.3 is 64.3 Å². The Morgan fingerprint density at radius 1 is 0.758 bits per heavy atom. The lowest BCUT2D eigenvalue weighted by molar-refractivity contribution is -0.141. The summed E-state index contributed by atoms with van der Waals surface area (Å²) >= 11 is 0. The lowest BCUT2D eigenvalue weighted by atomic mass is 9.97. The maximum absolute atomic E-state index is 14.1. The minimum atomic E-state index is -1.34. The van der Waals surface area contributed by atoms with Gasteiger partial charge >= 0.3 is 5.97 Å². The molecule has 2 aromatic carbocycles. The molecule has 0 radical (unpaired) electrons. The molecular weight excluding hydrogens is 803 g/mol. The lowest BCUT2D eigenvalue weighted by Gasteiger charge is -2.28. The largest absolute Gasteiger partial charge is 0.508 e. The van der Waals surface area contributed by atoms with Gasteiger partial charge in [-0.1, -0.05) is 50.6 Å². The third-order valence-electron chi connectivity index (χ3n) is 10.2. The van der Waals surface area contributed by atoms with E-state index in [2.05, 4.69) is 41.9 Å². The third kappa shape index (κ3) is 16.4. The number of guanidine groups is 1. The summed E-state index contributed by atoms with van der Waals surface area (Å²) < 4.78 is 0. The predicted octanol–water partition coefficient (Wildman–Crippen LogP) is -0.468. The van der Waals surface area contributed by atoms with Gasteiger partial charge in [0.1, 0.15) is 36.0 Å². The van der Waals surface area contributed by atoms with E-state index in [1.165, 1.54) is 31.2 Å². The maximum atomic E-state index is 14.1. The van der Waals surface area contributed by atoms with Crippen molar-refractivity contribution < 1.29 is 43.8 Å². The van der Waals surface area contributed by atoms with Crippen LogP contribution in [0.3, 0.4) is 0 Å². The molecule has 6 amide bonds. The molecule has 62 heavy (non-hydrogen) atoms. The Hall–Kier alpha value is -6.70. The van der Waals surface area contributed by atoms with Gasteiger partial charge in [-0.05, 0) is 73.9 Å². The number of nitrogens with zero attached hydrogens (tertiary/aromatic N) is 1. The van der Waals surface area contributed by atoms with Crippen molar-refractivity contribution in [2.45, 2.75) is 102 Å². The fourth-order valence-corrected chi connectivity index (χ4v) is 6.59. The van der Waals surface area contributed by atoms with E-state index in [-0.39, 0.29) is 56.3 Å². The first-order valence-corrected chi connectivity index (χ1v) is 20.6. The summed E-state index contributed by atoms with van der Waals surface area (Å²) in [6.45, 7) is 4.71. The Bertz CT molecular complexity index is 2020. The summed E-state index contributed by atoms with van der Waals surface area (Å²) in [5.41, 5.74) is 18.7. The van der Waals surface area contributed by atoms with Crippen LogP contribution in [0, 0.1) is 5.92 Å². The first kappa shape index (κ1) is 49.7. The summed E-state index contributed by atoms with van der Waals surface area (Å²) in [5.74, 6) is -5.91. The zero-order valence-electron chi connectivity index (χ0n) is 35.4. The number of para-hydroxylation sites is 1. The number of aromatic amines is 1. The average Bonchev–Trinajstić information content (AvgIpc) is 3.64. The van der Waals surface area contributed by atoms with Crippen LogP contribution in [0.2, 0.25) is 0 Å². The van der Waals surface area contributed by atoms with Gasteiger partial charge in [0.2, 0.25) is 35.4 Å². The number of rotatable bonds is 26. The Kier molecular flexibility index (Phi) is 20.2. The number of amides is 6. The highest BCUT2D eigenvalue weighted by atomic mass is 16.4. The molecule has 0 aliphatic heterocycles. The number of carbonyl (C=O) groups is 7. The minimum absolute atomic E-state index is 0.0117. The second kappa shape index (κ2) is 25.2. The number of nitrogens with one attached hydrogen (secondary N) is 7. The molecule has 338 valence electrons. The van der Waals surface area contributed by atoms with Crippen LogP contribution in [-0.4, -0.2) is 112 Å². The number of phenols is 1. The Labute approximate surface area is 360 Å². The molecule has 0 fully saturated rings. The Morgan fingerprint density at radius 3 is 2.00 bits per heavy atom. The molecule has 0 spiro atoms. The van der Waals surface area contributed by atoms with Crippen LogP contribution >= 0.6 is 0 Å². The monoisotopic (exact) mass is 863 g/mol. The lowest BCUT2D eigenvalue weighted by Crippen LogP contribution is -2.59. The quantitative estimate of drug-likeness (QED) is 0.0277. The second-order valence-electron chi connectivity index (χ2n) is 15.1. The van der Waals surface area contributed by atoms with Crippen molar-refractivity contribution in [1.29, 1.82) is 0 Å². The molecule has 3 rings (SSSR count). The average molecular weight is 864 g/mol. The number of carbonyl (C=O) groups excluding carboxylic acids is 6. The van der Waals surface area contributed by atoms with Gasteiger partial charge in [0, 0.05) is 43.4 Å². The molecular formula is C42H61N11O9. The number of carboxylic acid groups (broad SMARTS) is 1. The van der Waals surface area contributed by atoms with Gasteiger partial charge in [0.05, 0.1) is 6.54 Å². The van der Waals surface area contributed by atoms with Crippen LogP contribution in [0.5, 0.6) is 5.75 Å². The molecule has 0 bridgehead atoms. The third-order valence-corrected chi connectivity index (χ3v) is 10.2. The van der Waals surface area contributed by atoms with E-state index in [0.29, 0.717) is 36.9 Å². The zero-order valence-corrected chi connectivity index (χ0v) is 35.4. The number of nitrogens with two attached hydrogens (primary N) is 3. The number of H-pyrrole nitrogens is 1. The second-order valence-corrected chi connectivity index (χ2v) is 15.1. The first-order valence-electron chi connectivity index (χ1n) is 20.6. The number of aromatic nitrogens is 1. The van der Waals surface area contributed by atoms with Gasteiger partial charge in [-0.2, -0.15) is 0 Å². The summed E-state index contributed by atoms with van der Waals surface area (Å²) in [7, 11) is 0. The number of carboxylic acids is 1. The van der Waals surface area contributed by atoms with Crippen LogP contribution in [0.4, 0.5) is 0 Å². The standard InChI is InChI=1S/C42H61N11O9/c1-4-24(2)36(49-25(3)54)40(60)52-31(12-7-8-18-43)38(58)51-32(13-9-19-46-42(44)45)39(59)53-33(20-26-14-16-28(55)17-15-26)37(57)48-23-35(56)50-34(41(61)62)21-27-22-47-30-11-6-5-10-29(27)30/h5-6,10-11,14-17,22,24,31-34,36,47,55H,4,7-9,12-13,18-21,23,43H2,1-3H3,(H,48,57)(H,49,54)(H,50,56)(H,51,58)(H,52,60)(H,53,59)(H,61,62)(H4,44,45,46)/t24-,31-,32-,33-,34-,36-/m0/s1. The SMILES string of the molecule is CC[C@H](C)[C@H](NC(C)=O)C(=O)N[C@@H](CCCCN)C(=O)N[C@@H](CCCN=C(N)N)C(=O)N[C@@H](Cc1ccc(O)cc1)C(=O)NCC(=O)N[C@@H](Cc1c[nH]c2ccccc12)C(=O)O. The van der Waals surface area contributed by atoms with E-state index in [9.17, 15) is 43.8 Å². The van der Waals surface area contributed by atoms with Crippen molar-refractivity contribution in [3.8, 4) is 5.75 Å². The zero-order chi connectivity index (χ0) is 45.8. The molecule has 20 heteroatoms. The molecule has 15 N–H and O–H groups in total. The highest BCUT2D eigenvalue weighted by molar-refractivity contribution is 5.96. The molecule has 6 atom stereocenters. The van der Waals surface area contributed by atoms with Crippen molar-refractivity contribution in [2.75, 3.05) is 19.6 Å². The van der Waals surface area contributed by atoms with Crippen LogP contribution in [0.1, 0.15) is 70.4 Å². The van der Waals surface area contributed by atoms with Crippen molar-refractivity contribution in [3.63, 3.8) is 0 Å². The van der Waals surface area contributed by atoms with Crippen molar-refractivity contribution in [2.24, 2.45) is 28.1 Å². The number of aliphatic carboxylic acids is 1. The van der Waals surface area contributed by atoms with Gasteiger partial charge in [-0.3, -0.25) is 33.8 Å². The molecule has 0 aliphatic rings. The van der Waals surface area contributed by atoms with Crippen LogP contribution in [0.15, 0.2) is 59.7 Å². The molecule has 0 aliphatic carbocycles. The summed E-state index contributed by atoms with van der Waals surface area (Å²) in [4.78, 5) is 99.5. The van der Waals surface area contributed by atoms with E-state index in [0.717, 1.165) is 10.9 Å². The number of hydrogen-bond acceptors (Lipinski definition) is 10. The van der Waals surface area contributed by atoms with Gasteiger partial charge in [0.25, 0.3) is 0 Å². The molecule has 0 saturated heterocycles. The summed E-state index contributed by atoms with van der Waals surface area (Å²) in [5, 5.41) is 36.2. The minimum Gasteiger partial charge on any atom is -0.508 e. The molecule has 0 saturated carbocycles. The number of phenolic OH excluding ortho intramolecular Hbond substituents is 1. The normalized spacial score (nSPS) is 13.9. The molecule has 0 unspecified atom stereocenters. The first-order chi connectivity index (χ1) is 29.5. The van der Waals surface area contributed by atoms with Crippen molar-refractivity contribution in [3.05, 3.63) is 65.9 Å². The van der Waals surface area contributed by atoms with Gasteiger partial charge in [-0.25, -0.2) is 4.79 Å². The van der Waals surface area contributed by atoms with Crippen LogP contribution < -0.4 is 49.1 Å². The molecule has 20 nitrogen and oxygen atoms in total. The molecule has 3 aromatic rings. The van der Waals surface area contributed by atoms with Crippen molar-refractivity contribution >= 4 is 58.3 Å². The Balaban J connectivity index is 1.83. The highest BCUT2D eigenvalue weighted by Gasteiger charge is 2.33. The van der Waals surface area contributed by atoms with Crippen LogP contribution in [-0.2, 0) is 46.4 Å². The Morgan fingerprint density at radius 2 is 1.39 bits per heavy atom. The number of aliphatic imine (C=N–C) groups is 1. The highest BCUT2D eigenvalue weighted by Crippen LogP contribution is 2.19. The topological polar surface area (TPSA) is 338 Å². The fraction of sp³-hybridized carbons (Fsp3) is 0.476. The van der Waals surface area contributed by atoms with Crippen molar-refractivity contribution in [1.82, 2.24) is 36.9 Å². The number of hydrogen-bond donors (Lipinski definition) is 12. The number of fused-ring (bicyclic) bond motifs is 1. The van der Waals surface area contributed by atoms with E-state index < -0.39 is 78.2 Å². The summed E-state index contributed by atoms with van der Waals surface area (Å²) in [6.07, 6.45) is 3.39. The molecule has 1 aromatic heterocycles.